The van der Waals surface area contributed by atoms with Crippen LogP contribution in [0.25, 0.3) is 0 Å². The molecule has 0 aromatic carbocycles. The Bertz CT molecular complexity index is 409. The van der Waals surface area contributed by atoms with E-state index < -0.39 is 15.6 Å². The van der Waals surface area contributed by atoms with E-state index in [2.05, 4.69) is 4.72 Å². The highest BCUT2D eigenvalue weighted by molar-refractivity contribution is 7.89. The van der Waals surface area contributed by atoms with Gasteiger partial charge in [-0.05, 0) is 25.7 Å². The van der Waals surface area contributed by atoms with Gasteiger partial charge in [-0.25, -0.2) is 13.1 Å². The normalized spacial score (nSPS) is 27.4. The molecule has 4 N–H and O–H groups in total. The second-order valence-corrected chi connectivity index (χ2v) is 6.99. The molecule has 1 saturated carbocycles. The van der Waals surface area contributed by atoms with Crippen LogP contribution in [0.1, 0.15) is 38.5 Å². The van der Waals surface area contributed by atoms with Gasteiger partial charge in [0.25, 0.3) is 0 Å². The molecule has 1 heterocycles. The number of amidine groups is 1. The monoisotopic (exact) mass is 275 g/mol. The third-order valence-electron chi connectivity index (χ3n) is 3.75. The smallest absolute Gasteiger partial charge is 0.215 e. The van der Waals surface area contributed by atoms with Crippen LogP contribution >= 0.6 is 0 Å². The number of ether oxygens (including phenoxy) is 1. The summed E-state index contributed by atoms with van der Waals surface area (Å²) in [5, 5.41) is 7.62. The molecule has 0 radical (unpaired) electrons. The molecule has 1 unspecified atom stereocenters. The van der Waals surface area contributed by atoms with Gasteiger partial charge in [0, 0.05) is 6.61 Å². The first kappa shape index (κ1) is 13.8. The molecule has 2 fully saturated rings. The van der Waals surface area contributed by atoms with Crippen LogP contribution in [-0.4, -0.2) is 38.3 Å². The van der Waals surface area contributed by atoms with Crippen LogP contribution < -0.4 is 10.5 Å². The minimum Gasteiger partial charge on any atom is -0.386 e. The Labute approximate surface area is 108 Å². The van der Waals surface area contributed by atoms with Gasteiger partial charge >= 0.3 is 0 Å². The van der Waals surface area contributed by atoms with Crippen molar-refractivity contribution in [3.8, 4) is 0 Å². The molecular weight excluding hydrogens is 254 g/mol. The fourth-order valence-electron chi connectivity index (χ4n) is 2.76. The Morgan fingerprint density at radius 1 is 1.39 bits per heavy atom. The summed E-state index contributed by atoms with van der Waals surface area (Å²) in [6, 6.07) is 0. The molecular formula is C11H21N3O3S. The van der Waals surface area contributed by atoms with Crippen LogP contribution in [0.5, 0.6) is 0 Å². The van der Waals surface area contributed by atoms with Crippen LogP contribution in [-0.2, 0) is 14.8 Å². The molecule has 2 rings (SSSR count). The van der Waals surface area contributed by atoms with E-state index in [4.69, 9.17) is 15.9 Å². The molecule has 1 aliphatic heterocycles. The topological polar surface area (TPSA) is 105 Å². The number of nitrogens with two attached hydrogens (primary N) is 1. The molecule has 0 spiro atoms. The summed E-state index contributed by atoms with van der Waals surface area (Å²) in [6.07, 6.45) is 4.53. The summed E-state index contributed by atoms with van der Waals surface area (Å²) in [5.74, 6) is -0.0990. The molecule has 1 saturated heterocycles. The van der Waals surface area contributed by atoms with Gasteiger partial charge in [-0.15, -0.1) is 0 Å². The zero-order valence-electron chi connectivity index (χ0n) is 10.4. The van der Waals surface area contributed by atoms with E-state index in [0.717, 1.165) is 25.7 Å². The Kier molecular flexibility index (Phi) is 3.93. The van der Waals surface area contributed by atoms with E-state index in [1.54, 1.807) is 0 Å². The van der Waals surface area contributed by atoms with Crippen LogP contribution in [0.3, 0.4) is 0 Å². The lowest BCUT2D eigenvalue weighted by Crippen LogP contribution is -2.56. The van der Waals surface area contributed by atoms with Crippen molar-refractivity contribution in [1.29, 1.82) is 5.41 Å². The lowest BCUT2D eigenvalue weighted by molar-refractivity contribution is 0.127. The molecule has 18 heavy (non-hydrogen) atoms. The van der Waals surface area contributed by atoms with Crippen LogP contribution in [0.4, 0.5) is 0 Å². The number of hydrogen-bond donors (Lipinski definition) is 3. The van der Waals surface area contributed by atoms with E-state index in [-0.39, 0.29) is 17.7 Å². The first-order valence-electron chi connectivity index (χ1n) is 6.41. The predicted molar refractivity (Wildman–Crippen MR) is 69.0 cm³/mol. The summed E-state index contributed by atoms with van der Waals surface area (Å²) < 4.78 is 32.2. The number of sulfonamides is 1. The van der Waals surface area contributed by atoms with Crippen molar-refractivity contribution >= 4 is 15.9 Å². The van der Waals surface area contributed by atoms with Gasteiger partial charge in [0.1, 0.15) is 5.84 Å². The molecule has 104 valence electrons. The standard InChI is InChI=1S/C11H21N3O3S/c12-10(13)11(5-1-2-6-11)14-18(15,16)8-9-4-3-7-17-9/h9,14H,1-8H2,(H3,12,13). The van der Waals surface area contributed by atoms with E-state index in [0.29, 0.717) is 19.4 Å². The fourth-order valence-corrected chi connectivity index (χ4v) is 4.51. The summed E-state index contributed by atoms with van der Waals surface area (Å²) in [6.45, 7) is 0.637. The Morgan fingerprint density at radius 3 is 2.56 bits per heavy atom. The zero-order valence-corrected chi connectivity index (χ0v) is 11.3. The third-order valence-corrected chi connectivity index (χ3v) is 5.27. The first-order valence-corrected chi connectivity index (χ1v) is 8.07. The van der Waals surface area contributed by atoms with Gasteiger partial charge in [-0.2, -0.15) is 0 Å². The minimum atomic E-state index is -3.45. The largest absolute Gasteiger partial charge is 0.386 e. The highest BCUT2D eigenvalue weighted by Gasteiger charge is 2.41. The van der Waals surface area contributed by atoms with Crippen LogP contribution in [0.2, 0.25) is 0 Å². The summed E-state index contributed by atoms with van der Waals surface area (Å²) in [5.41, 5.74) is 4.72. The van der Waals surface area contributed by atoms with Crippen molar-refractivity contribution in [2.75, 3.05) is 12.4 Å². The van der Waals surface area contributed by atoms with Gasteiger partial charge in [-0.3, -0.25) is 5.41 Å². The maximum absolute atomic E-state index is 12.1. The average molecular weight is 275 g/mol. The highest BCUT2D eigenvalue weighted by atomic mass is 32.2. The predicted octanol–water partition coefficient (Wildman–Crippen LogP) is 0.334. The van der Waals surface area contributed by atoms with E-state index in [1.807, 2.05) is 0 Å². The van der Waals surface area contributed by atoms with E-state index in [9.17, 15) is 8.42 Å². The third kappa shape index (κ3) is 3.02. The van der Waals surface area contributed by atoms with Crippen molar-refractivity contribution in [3.05, 3.63) is 0 Å². The molecule has 0 aromatic heterocycles. The Hall–Kier alpha value is -0.660. The van der Waals surface area contributed by atoms with Crippen LogP contribution in [0.15, 0.2) is 0 Å². The quantitative estimate of drug-likeness (QED) is 0.496. The van der Waals surface area contributed by atoms with E-state index in [1.165, 1.54) is 0 Å². The minimum absolute atomic E-state index is 0.0258. The molecule has 7 heteroatoms. The van der Waals surface area contributed by atoms with Gasteiger partial charge in [0.2, 0.25) is 10.0 Å². The molecule has 0 amide bonds. The Morgan fingerprint density at radius 2 is 2.06 bits per heavy atom. The second-order valence-electron chi connectivity index (χ2n) is 5.22. The van der Waals surface area contributed by atoms with E-state index >= 15 is 0 Å². The fraction of sp³-hybridized carbons (Fsp3) is 0.909. The van der Waals surface area contributed by atoms with Crippen LogP contribution in [0, 0.1) is 5.41 Å². The first-order chi connectivity index (χ1) is 8.44. The van der Waals surface area contributed by atoms with Crippen molar-refractivity contribution < 1.29 is 13.2 Å². The summed E-state index contributed by atoms with van der Waals surface area (Å²) in [7, 11) is -3.45. The van der Waals surface area contributed by atoms with Crippen molar-refractivity contribution in [2.24, 2.45) is 5.73 Å². The molecule has 6 nitrogen and oxygen atoms in total. The highest BCUT2D eigenvalue weighted by Crippen LogP contribution is 2.30. The maximum Gasteiger partial charge on any atom is 0.215 e. The molecule has 1 aliphatic carbocycles. The maximum atomic E-state index is 12.1. The molecule has 0 aromatic rings. The molecule has 1 atom stereocenters. The number of rotatable bonds is 5. The average Bonchev–Trinajstić information content (AvgIpc) is 2.88. The lowest BCUT2D eigenvalue weighted by atomic mass is 9.98. The van der Waals surface area contributed by atoms with Crippen molar-refractivity contribution in [3.63, 3.8) is 0 Å². The van der Waals surface area contributed by atoms with Gasteiger partial charge < -0.3 is 10.5 Å². The number of hydrogen-bond acceptors (Lipinski definition) is 4. The molecule has 0 bridgehead atoms. The van der Waals surface area contributed by atoms with Gasteiger partial charge in [0.15, 0.2) is 0 Å². The second kappa shape index (κ2) is 5.14. The summed E-state index contributed by atoms with van der Waals surface area (Å²) in [4.78, 5) is 0. The van der Waals surface area contributed by atoms with Crippen molar-refractivity contribution in [2.45, 2.75) is 50.2 Å². The molecule has 2 aliphatic rings. The summed E-state index contributed by atoms with van der Waals surface area (Å²) >= 11 is 0. The SMILES string of the molecule is N=C(N)C1(NS(=O)(=O)CC2CCCO2)CCCC1. The lowest BCUT2D eigenvalue weighted by Gasteiger charge is -2.29. The van der Waals surface area contributed by atoms with Crippen molar-refractivity contribution in [1.82, 2.24) is 4.72 Å². The van der Waals surface area contributed by atoms with Gasteiger partial charge in [0.05, 0.1) is 17.4 Å². The number of nitrogens with one attached hydrogen (secondary N) is 2. The Balaban J connectivity index is 2.03. The van der Waals surface area contributed by atoms with Gasteiger partial charge in [-0.1, -0.05) is 12.8 Å². The zero-order chi connectivity index (χ0) is 13.2.